The van der Waals surface area contributed by atoms with E-state index in [9.17, 15) is 5.02 Å². The summed E-state index contributed by atoms with van der Waals surface area (Å²) in [7, 11) is 1.18. The Morgan fingerprint density at radius 1 is 1.57 bits per heavy atom. The van der Waals surface area contributed by atoms with Gasteiger partial charge < -0.3 is 15.0 Å². The van der Waals surface area contributed by atoms with E-state index in [0.717, 1.165) is 17.6 Å². The van der Waals surface area contributed by atoms with Crippen LogP contribution in [0.15, 0.2) is 18.2 Å². The molecule has 1 aromatic carbocycles. The molecule has 1 heterocycles. The molecule has 14 heavy (non-hydrogen) atoms. The summed E-state index contributed by atoms with van der Waals surface area (Å²) in [5.74, 6) is 0. The van der Waals surface area contributed by atoms with Crippen LogP contribution in [-0.4, -0.2) is 19.2 Å². The van der Waals surface area contributed by atoms with Gasteiger partial charge in [0.15, 0.2) is 0 Å². The van der Waals surface area contributed by atoms with Crippen molar-refractivity contribution in [2.45, 2.75) is 13.2 Å². The molecule has 0 fully saturated rings. The summed E-state index contributed by atoms with van der Waals surface area (Å²) in [5, 5.41) is 12.5. The molecule has 1 aliphatic heterocycles. The van der Waals surface area contributed by atoms with Gasteiger partial charge in [0, 0.05) is 6.54 Å². The van der Waals surface area contributed by atoms with Gasteiger partial charge in [-0.15, -0.1) is 12.4 Å². The van der Waals surface area contributed by atoms with E-state index >= 15 is 0 Å². The largest absolute Gasteiger partial charge is 0.491 e. The molecular formula is C9H13BClNO2. The summed E-state index contributed by atoms with van der Waals surface area (Å²) < 4.78 is 5.14. The first-order valence-corrected chi connectivity index (χ1v) is 4.38. The van der Waals surface area contributed by atoms with E-state index in [1.165, 1.54) is 5.56 Å². The third kappa shape index (κ3) is 1.93. The molecule has 76 valence electrons. The van der Waals surface area contributed by atoms with E-state index in [2.05, 4.69) is 11.4 Å². The van der Waals surface area contributed by atoms with Crippen LogP contribution in [0.3, 0.4) is 0 Å². The highest BCUT2D eigenvalue weighted by atomic mass is 35.5. The van der Waals surface area contributed by atoms with Gasteiger partial charge in [0.1, 0.15) is 0 Å². The van der Waals surface area contributed by atoms with Gasteiger partial charge >= 0.3 is 7.12 Å². The van der Waals surface area contributed by atoms with Crippen molar-refractivity contribution in [3.63, 3.8) is 0 Å². The summed E-state index contributed by atoms with van der Waals surface area (Å²) in [4.78, 5) is 0. The molecule has 0 radical (unpaired) electrons. The number of halogens is 1. The molecule has 1 aromatic rings. The van der Waals surface area contributed by atoms with E-state index in [-0.39, 0.29) is 12.4 Å². The van der Waals surface area contributed by atoms with E-state index in [0.29, 0.717) is 6.61 Å². The molecule has 1 aliphatic rings. The average molecular weight is 213 g/mol. The van der Waals surface area contributed by atoms with Gasteiger partial charge in [0.05, 0.1) is 6.61 Å². The highest BCUT2D eigenvalue weighted by molar-refractivity contribution is 6.61. The Labute approximate surface area is 90.0 Å². The van der Waals surface area contributed by atoms with Crippen molar-refractivity contribution in [2.75, 3.05) is 7.05 Å². The highest BCUT2D eigenvalue weighted by Crippen LogP contribution is 2.14. The molecule has 5 heteroatoms. The third-order valence-corrected chi connectivity index (χ3v) is 2.33. The third-order valence-electron chi connectivity index (χ3n) is 2.33. The van der Waals surface area contributed by atoms with Gasteiger partial charge in [-0.2, -0.15) is 0 Å². The summed E-state index contributed by atoms with van der Waals surface area (Å²) in [5.41, 5.74) is 3.24. The molecule has 0 amide bonds. The molecule has 2 N–H and O–H groups in total. The minimum Gasteiger partial charge on any atom is -0.423 e. The van der Waals surface area contributed by atoms with Gasteiger partial charge in [-0.3, -0.25) is 0 Å². The predicted octanol–water partition coefficient (Wildman–Crippen LogP) is 0.0455. The molecule has 0 unspecified atom stereocenters. The van der Waals surface area contributed by atoms with Crippen molar-refractivity contribution >= 4 is 25.0 Å². The van der Waals surface area contributed by atoms with E-state index in [1.54, 1.807) is 0 Å². The first-order chi connectivity index (χ1) is 6.33. The summed E-state index contributed by atoms with van der Waals surface area (Å²) >= 11 is 0. The zero-order valence-electron chi connectivity index (χ0n) is 7.99. The standard InChI is InChI=1S/C9H12BNO2.ClH/c1-11-5-7-3-2-4-9-8(7)6-13-10(9)12;/h2-4,11-12H,5-6H2,1H3;1H. The topological polar surface area (TPSA) is 41.5 Å². The Balaban J connectivity index is 0.000000980. The summed E-state index contributed by atoms with van der Waals surface area (Å²) in [6, 6.07) is 5.91. The van der Waals surface area contributed by atoms with Crippen LogP contribution in [0.5, 0.6) is 0 Å². The van der Waals surface area contributed by atoms with Gasteiger partial charge in [0.2, 0.25) is 0 Å². The average Bonchev–Trinajstić information content (AvgIpc) is 2.50. The molecule has 0 saturated heterocycles. The van der Waals surface area contributed by atoms with Crippen LogP contribution in [0.2, 0.25) is 0 Å². The number of benzene rings is 1. The fourth-order valence-electron chi connectivity index (χ4n) is 1.67. The fourth-order valence-corrected chi connectivity index (χ4v) is 1.67. The van der Waals surface area contributed by atoms with Crippen LogP contribution >= 0.6 is 12.4 Å². The molecule has 2 rings (SSSR count). The zero-order valence-corrected chi connectivity index (χ0v) is 8.80. The van der Waals surface area contributed by atoms with Gasteiger partial charge in [0.25, 0.3) is 0 Å². The van der Waals surface area contributed by atoms with Crippen LogP contribution in [0, 0.1) is 0 Å². The number of hydrogen-bond donors (Lipinski definition) is 2. The predicted molar refractivity (Wildman–Crippen MR) is 58.8 cm³/mol. The quantitative estimate of drug-likeness (QED) is 0.682. The number of fused-ring (bicyclic) bond motifs is 1. The van der Waals surface area contributed by atoms with Gasteiger partial charge in [-0.25, -0.2) is 0 Å². The smallest absolute Gasteiger partial charge is 0.423 e. The Kier molecular flexibility index (Phi) is 3.95. The van der Waals surface area contributed by atoms with Crippen molar-refractivity contribution in [3.8, 4) is 0 Å². The molecule has 0 spiro atoms. The number of nitrogens with one attached hydrogen (secondary N) is 1. The van der Waals surface area contributed by atoms with Crippen molar-refractivity contribution in [1.82, 2.24) is 5.32 Å². The summed E-state index contributed by atoms with van der Waals surface area (Å²) in [6.07, 6.45) is 0. The fraction of sp³-hybridized carbons (Fsp3) is 0.333. The minimum absolute atomic E-state index is 0. The van der Waals surface area contributed by atoms with Crippen LogP contribution in [0.1, 0.15) is 11.1 Å². The minimum atomic E-state index is -0.730. The van der Waals surface area contributed by atoms with Crippen molar-refractivity contribution in [1.29, 1.82) is 0 Å². The molecule has 0 bridgehead atoms. The molecule has 3 nitrogen and oxygen atoms in total. The Morgan fingerprint density at radius 2 is 2.36 bits per heavy atom. The lowest BCUT2D eigenvalue weighted by Crippen LogP contribution is -2.28. The summed E-state index contributed by atoms with van der Waals surface area (Å²) in [6.45, 7) is 1.34. The van der Waals surface area contributed by atoms with E-state index in [1.807, 2.05) is 19.2 Å². The Hall–Kier alpha value is -0.545. The van der Waals surface area contributed by atoms with Gasteiger partial charge in [-0.05, 0) is 23.6 Å². The second-order valence-electron chi connectivity index (χ2n) is 3.18. The molecule has 0 aliphatic carbocycles. The maximum absolute atomic E-state index is 9.43. The van der Waals surface area contributed by atoms with Crippen molar-refractivity contribution < 1.29 is 9.68 Å². The molecule has 0 saturated carbocycles. The second-order valence-corrected chi connectivity index (χ2v) is 3.18. The zero-order chi connectivity index (χ0) is 9.26. The monoisotopic (exact) mass is 213 g/mol. The number of hydrogen-bond acceptors (Lipinski definition) is 3. The molecule has 0 atom stereocenters. The highest BCUT2D eigenvalue weighted by Gasteiger charge is 2.28. The Bertz CT molecular complexity index is 322. The lowest BCUT2D eigenvalue weighted by molar-refractivity contribution is 0.274. The van der Waals surface area contributed by atoms with Crippen LogP contribution in [0.4, 0.5) is 0 Å². The van der Waals surface area contributed by atoms with Gasteiger partial charge in [-0.1, -0.05) is 18.2 Å². The molecular weight excluding hydrogens is 200 g/mol. The first kappa shape index (κ1) is 11.5. The maximum Gasteiger partial charge on any atom is 0.491 e. The maximum atomic E-state index is 9.43. The first-order valence-electron chi connectivity index (χ1n) is 4.38. The van der Waals surface area contributed by atoms with E-state index < -0.39 is 7.12 Å². The van der Waals surface area contributed by atoms with E-state index in [4.69, 9.17) is 4.65 Å². The van der Waals surface area contributed by atoms with Crippen LogP contribution < -0.4 is 10.8 Å². The lowest BCUT2D eigenvalue weighted by Gasteiger charge is -2.05. The lowest BCUT2D eigenvalue weighted by atomic mass is 9.78. The van der Waals surface area contributed by atoms with Crippen LogP contribution in [0.25, 0.3) is 0 Å². The normalized spacial score (nSPS) is 13.7. The molecule has 0 aromatic heterocycles. The number of rotatable bonds is 2. The van der Waals surface area contributed by atoms with Crippen molar-refractivity contribution in [2.24, 2.45) is 0 Å². The SMILES string of the molecule is CNCc1cccc2c1COB2O.Cl. The van der Waals surface area contributed by atoms with Crippen molar-refractivity contribution in [3.05, 3.63) is 29.3 Å². The van der Waals surface area contributed by atoms with Crippen LogP contribution in [-0.2, 0) is 17.8 Å². The second kappa shape index (κ2) is 4.80. The Morgan fingerprint density at radius 3 is 3.07 bits per heavy atom.